The molecule has 1 radical (unpaired) electrons. The van der Waals surface area contributed by atoms with Gasteiger partial charge in [0, 0.05) is 12.1 Å². The van der Waals surface area contributed by atoms with Gasteiger partial charge in [0.05, 0.1) is 11.9 Å². The van der Waals surface area contributed by atoms with Crippen LogP contribution in [0.3, 0.4) is 0 Å². The molecule has 4 atom stereocenters. The first kappa shape index (κ1) is 23.5. The van der Waals surface area contributed by atoms with Crippen LogP contribution in [0.4, 0.5) is 0 Å². The van der Waals surface area contributed by atoms with E-state index in [9.17, 15) is 19.8 Å². The van der Waals surface area contributed by atoms with Crippen molar-refractivity contribution in [1.29, 1.82) is 0 Å². The third-order valence-corrected chi connectivity index (χ3v) is 3.06. The van der Waals surface area contributed by atoms with Gasteiger partial charge in [0.1, 0.15) is 0 Å². The number of rotatable bonds is 6. The third kappa shape index (κ3) is 10.9. The van der Waals surface area contributed by atoms with Gasteiger partial charge in [-0.25, -0.2) is 0 Å². The number of carbonyl (C=O) groups excluding carboxylic acids is 2. The summed E-state index contributed by atoms with van der Waals surface area (Å²) in [6.45, 7) is 7.38. The summed E-state index contributed by atoms with van der Waals surface area (Å²) < 4.78 is 0. The first-order valence-electron chi connectivity index (χ1n) is 6.11. The number of hydrogen-bond acceptors (Lipinski definition) is 6. The maximum Gasteiger partial charge on any atom is 2.00 e. The van der Waals surface area contributed by atoms with Gasteiger partial charge >= 0.3 is 17.1 Å². The largest absolute Gasteiger partial charge is 2.00 e. The second-order valence-corrected chi connectivity index (χ2v) is 4.46. The van der Waals surface area contributed by atoms with Crippen LogP contribution in [0.1, 0.15) is 40.5 Å². The van der Waals surface area contributed by atoms with Crippen molar-refractivity contribution in [2.75, 3.05) is 0 Å². The molecule has 6 nitrogen and oxygen atoms in total. The van der Waals surface area contributed by atoms with Crippen molar-refractivity contribution >= 4 is 11.9 Å². The second-order valence-electron chi connectivity index (χ2n) is 4.46. The molecule has 0 saturated heterocycles. The zero-order valence-corrected chi connectivity index (χ0v) is 12.8. The standard InChI is InChI=1S/2C6H13NO2.Cu/c2*1-3-4(2)5(7)6(8)9;/h2*4-5H,3,7H2,1-2H3,(H,8,9);/q;;+2/p-2/t2*4-,5-;/m00./s1. The van der Waals surface area contributed by atoms with Gasteiger partial charge in [-0.05, 0) is 11.8 Å². The minimum absolute atomic E-state index is 0. The maximum atomic E-state index is 10.1. The van der Waals surface area contributed by atoms with Gasteiger partial charge in [0.15, 0.2) is 0 Å². The van der Waals surface area contributed by atoms with Crippen molar-refractivity contribution in [3.8, 4) is 0 Å². The van der Waals surface area contributed by atoms with E-state index in [0.717, 1.165) is 12.8 Å². The molecule has 0 rings (SSSR count). The summed E-state index contributed by atoms with van der Waals surface area (Å²) in [4.78, 5) is 20.1. The van der Waals surface area contributed by atoms with Gasteiger partial charge in [0.25, 0.3) is 0 Å². The minimum Gasteiger partial charge on any atom is -0.548 e. The summed E-state index contributed by atoms with van der Waals surface area (Å²) in [6, 6.07) is -1.62. The average molecular weight is 324 g/mol. The summed E-state index contributed by atoms with van der Waals surface area (Å²) in [5, 5.41) is 20.1. The van der Waals surface area contributed by atoms with Crippen LogP contribution in [-0.4, -0.2) is 24.0 Å². The van der Waals surface area contributed by atoms with Crippen molar-refractivity contribution in [2.24, 2.45) is 23.3 Å². The van der Waals surface area contributed by atoms with Crippen LogP contribution >= 0.6 is 0 Å². The molecule has 117 valence electrons. The van der Waals surface area contributed by atoms with Crippen molar-refractivity contribution < 1.29 is 36.9 Å². The normalized spacial score (nSPS) is 15.9. The Balaban J connectivity index is -0.000000256. The number of carboxylic acids is 2. The molecule has 0 aliphatic rings. The fourth-order valence-corrected chi connectivity index (χ4v) is 0.972. The Kier molecular flexibility index (Phi) is 15.3. The Morgan fingerprint density at radius 1 is 0.895 bits per heavy atom. The van der Waals surface area contributed by atoms with Crippen LogP contribution in [0, 0.1) is 11.8 Å². The van der Waals surface area contributed by atoms with E-state index in [4.69, 9.17) is 11.5 Å². The van der Waals surface area contributed by atoms with Crippen LogP contribution in [-0.2, 0) is 26.7 Å². The van der Waals surface area contributed by atoms with Crippen molar-refractivity contribution in [1.82, 2.24) is 0 Å². The molecule has 0 saturated carbocycles. The van der Waals surface area contributed by atoms with Crippen LogP contribution in [0.15, 0.2) is 0 Å². The molecule has 19 heavy (non-hydrogen) atoms. The topological polar surface area (TPSA) is 132 Å². The fraction of sp³-hybridized carbons (Fsp3) is 0.833. The zero-order valence-electron chi connectivity index (χ0n) is 11.8. The smallest absolute Gasteiger partial charge is 0.548 e. The van der Waals surface area contributed by atoms with Crippen LogP contribution < -0.4 is 21.7 Å². The quantitative estimate of drug-likeness (QED) is 0.555. The Morgan fingerprint density at radius 3 is 1.16 bits per heavy atom. The average Bonchev–Trinajstić information content (AvgIpc) is 2.35. The Bertz CT molecular complexity index is 238. The number of carbonyl (C=O) groups is 2. The molecule has 0 aromatic carbocycles. The molecule has 7 heteroatoms. The summed E-state index contributed by atoms with van der Waals surface area (Å²) in [7, 11) is 0. The molecule has 0 unspecified atom stereocenters. The van der Waals surface area contributed by atoms with Gasteiger partial charge in [-0.3, -0.25) is 0 Å². The molecular formula is C12H24CuN2O4. The van der Waals surface area contributed by atoms with Gasteiger partial charge in [0.2, 0.25) is 0 Å². The van der Waals surface area contributed by atoms with E-state index in [1.165, 1.54) is 0 Å². The molecule has 0 fully saturated rings. The van der Waals surface area contributed by atoms with Crippen LogP contribution in [0.2, 0.25) is 0 Å². The molecule has 0 amide bonds. The Labute approximate surface area is 125 Å². The maximum absolute atomic E-state index is 10.1. The molecule has 0 aromatic heterocycles. The van der Waals surface area contributed by atoms with Crippen molar-refractivity contribution in [3.05, 3.63) is 0 Å². The predicted molar refractivity (Wildman–Crippen MR) is 64.9 cm³/mol. The number of nitrogens with two attached hydrogens (primary N) is 2. The van der Waals surface area contributed by atoms with E-state index in [-0.39, 0.29) is 28.9 Å². The Morgan fingerprint density at radius 2 is 1.11 bits per heavy atom. The van der Waals surface area contributed by atoms with Crippen molar-refractivity contribution in [2.45, 2.75) is 52.6 Å². The SMILES string of the molecule is CC[C@H](C)[C@H](N)C(=O)[O-].CC[C@H](C)[C@H](N)C(=O)[O-].[Cu+2]. The van der Waals surface area contributed by atoms with E-state index >= 15 is 0 Å². The van der Waals surface area contributed by atoms with Gasteiger partial charge < -0.3 is 31.3 Å². The fourth-order valence-electron chi connectivity index (χ4n) is 0.972. The summed E-state index contributed by atoms with van der Waals surface area (Å²) in [5.41, 5.74) is 10.4. The summed E-state index contributed by atoms with van der Waals surface area (Å²) in [6.07, 6.45) is 1.55. The molecule has 0 aliphatic carbocycles. The Hall–Kier alpha value is -0.621. The van der Waals surface area contributed by atoms with Crippen molar-refractivity contribution in [3.63, 3.8) is 0 Å². The third-order valence-electron chi connectivity index (χ3n) is 3.06. The van der Waals surface area contributed by atoms with Gasteiger partial charge in [-0.15, -0.1) is 0 Å². The molecule has 0 aliphatic heterocycles. The first-order valence-corrected chi connectivity index (χ1v) is 6.11. The number of carboxylic acid groups (broad SMARTS) is 2. The van der Waals surface area contributed by atoms with Crippen LogP contribution in [0.25, 0.3) is 0 Å². The van der Waals surface area contributed by atoms with Gasteiger partial charge in [-0.2, -0.15) is 0 Å². The van der Waals surface area contributed by atoms with Gasteiger partial charge in [-0.1, -0.05) is 40.5 Å². The zero-order chi connectivity index (χ0) is 14.9. The second kappa shape index (κ2) is 12.4. The summed E-state index contributed by atoms with van der Waals surface area (Å²) in [5.74, 6) is -2.31. The van der Waals surface area contributed by atoms with E-state index in [1.54, 1.807) is 13.8 Å². The first-order chi connectivity index (χ1) is 8.18. The molecule has 4 N–H and O–H groups in total. The molecular weight excluding hydrogens is 300 g/mol. The minimum atomic E-state index is -1.16. The summed E-state index contributed by atoms with van der Waals surface area (Å²) >= 11 is 0. The van der Waals surface area contributed by atoms with Crippen LogP contribution in [0.5, 0.6) is 0 Å². The van der Waals surface area contributed by atoms with E-state index in [2.05, 4.69) is 0 Å². The predicted octanol–water partition coefficient (Wildman–Crippen LogP) is -1.78. The molecule has 0 aromatic rings. The van der Waals surface area contributed by atoms with E-state index < -0.39 is 24.0 Å². The number of hydrogen-bond donors (Lipinski definition) is 2. The molecule has 0 bridgehead atoms. The van der Waals surface area contributed by atoms with E-state index in [0.29, 0.717) is 0 Å². The molecule has 0 heterocycles. The monoisotopic (exact) mass is 323 g/mol. The number of aliphatic carboxylic acids is 2. The molecule has 0 spiro atoms. The van der Waals surface area contributed by atoms with E-state index in [1.807, 2.05) is 13.8 Å².